The number of hydrogen-bond donors (Lipinski definition) is 3. The SMILES string of the molecule is CCCCCCCCCCCCCCCCCCC/C=C/CC/C=C/C(O)C(COP(=O)(O)OCC[N+](C)(C)C)NC(=O)CCCCCCCCCCCCCCCCCCCC. The number of amides is 1. The number of carbonyl (C=O) groups is 1. The van der Waals surface area contributed by atoms with E-state index in [0.717, 1.165) is 38.5 Å². The average molecular weight is 912 g/mol. The van der Waals surface area contributed by atoms with Gasteiger partial charge >= 0.3 is 7.82 Å². The van der Waals surface area contributed by atoms with Crippen molar-refractivity contribution in [3.8, 4) is 0 Å². The molecule has 374 valence electrons. The Kier molecular flexibility index (Phi) is 45.4. The zero-order valence-electron chi connectivity index (χ0n) is 42.6. The van der Waals surface area contributed by atoms with Crippen LogP contribution in [0.1, 0.15) is 264 Å². The van der Waals surface area contributed by atoms with Crippen molar-refractivity contribution in [3.05, 3.63) is 24.3 Å². The fraction of sp³-hybridized carbons (Fsp3) is 0.907. The Labute approximate surface area is 392 Å². The highest BCUT2D eigenvalue weighted by Crippen LogP contribution is 2.43. The van der Waals surface area contributed by atoms with Gasteiger partial charge < -0.3 is 19.8 Å². The summed E-state index contributed by atoms with van der Waals surface area (Å²) in [4.78, 5) is 23.2. The molecule has 0 spiro atoms. The second-order valence-electron chi connectivity index (χ2n) is 20.0. The van der Waals surface area contributed by atoms with Crippen molar-refractivity contribution in [1.82, 2.24) is 5.32 Å². The Morgan fingerprint density at radius 3 is 1.27 bits per heavy atom. The third-order valence-electron chi connectivity index (χ3n) is 12.4. The van der Waals surface area contributed by atoms with Crippen LogP contribution < -0.4 is 5.32 Å². The number of phosphoric ester groups is 1. The molecule has 0 aliphatic heterocycles. The van der Waals surface area contributed by atoms with Crippen LogP contribution in [0.3, 0.4) is 0 Å². The zero-order chi connectivity index (χ0) is 46.4. The molecule has 0 saturated carbocycles. The summed E-state index contributed by atoms with van der Waals surface area (Å²) in [6, 6.07) is -0.859. The van der Waals surface area contributed by atoms with Crippen molar-refractivity contribution in [2.24, 2.45) is 0 Å². The number of aliphatic hydroxyl groups is 1. The second kappa shape index (κ2) is 46.1. The number of likely N-dealkylation sites (N-methyl/N-ethyl adjacent to an activating group) is 1. The molecule has 0 aliphatic carbocycles. The molecule has 0 aliphatic rings. The predicted octanol–water partition coefficient (Wildman–Crippen LogP) is 16.0. The molecule has 0 rings (SSSR count). The van der Waals surface area contributed by atoms with Crippen LogP contribution in [0.2, 0.25) is 0 Å². The first kappa shape index (κ1) is 62.0. The van der Waals surface area contributed by atoms with Crippen LogP contribution in [-0.4, -0.2) is 73.4 Å². The van der Waals surface area contributed by atoms with E-state index < -0.39 is 20.0 Å². The largest absolute Gasteiger partial charge is 0.472 e. The first-order chi connectivity index (χ1) is 30.5. The van der Waals surface area contributed by atoms with Gasteiger partial charge in [-0.05, 0) is 32.1 Å². The predicted molar refractivity (Wildman–Crippen MR) is 272 cm³/mol. The standard InChI is InChI=1S/C54H107N2O6P/c1-6-8-10-12-14-16-18-20-22-24-26-27-28-29-30-31-33-35-37-39-41-43-45-47-53(57)52(51-62-63(59,60)61-50-49-56(3,4)5)55-54(58)48-46-44-42-40-38-36-34-32-25-23-21-19-17-15-13-11-9-7-2/h37,39,45,47,52-53,57H,6-36,38,40-44,46,48-51H2,1-5H3,(H-,55,58,59,60)/p+1/b39-37+,47-45+. The van der Waals surface area contributed by atoms with Crippen molar-refractivity contribution in [2.45, 2.75) is 276 Å². The number of phosphoric acid groups is 1. The highest BCUT2D eigenvalue weighted by Gasteiger charge is 2.27. The lowest BCUT2D eigenvalue weighted by molar-refractivity contribution is -0.870. The molecule has 63 heavy (non-hydrogen) atoms. The van der Waals surface area contributed by atoms with Crippen LogP contribution in [-0.2, 0) is 18.4 Å². The van der Waals surface area contributed by atoms with Crippen LogP contribution in [0, 0.1) is 0 Å². The summed E-state index contributed by atoms with van der Waals surface area (Å²) in [7, 11) is 1.57. The molecule has 3 N–H and O–H groups in total. The van der Waals surface area contributed by atoms with E-state index in [2.05, 4.69) is 31.3 Å². The molecule has 0 radical (unpaired) electrons. The molecular formula is C54H108N2O6P+. The van der Waals surface area contributed by atoms with Gasteiger partial charge in [-0.25, -0.2) is 4.57 Å². The van der Waals surface area contributed by atoms with Crippen molar-refractivity contribution in [3.63, 3.8) is 0 Å². The third-order valence-corrected chi connectivity index (χ3v) is 13.4. The third kappa shape index (κ3) is 48.7. The first-order valence-corrected chi connectivity index (χ1v) is 28.7. The number of allylic oxidation sites excluding steroid dienone is 3. The molecule has 3 atom stereocenters. The van der Waals surface area contributed by atoms with Gasteiger partial charge in [0.25, 0.3) is 0 Å². The minimum Gasteiger partial charge on any atom is -0.387 e. The number of hydrogen-bond acceptors (Lipinski definition) is 5. The van der Waals surface area contributed by atoms with Crippen LogP contribution in [0.25, 0.3) is 0 Å². The minimum atomic E-state index is -4.35. The maximum absolute atomic E-state index is 12.9. The number of nitrogens with one attached hydrogen (secondary N) is 1. The van der Waals surface area contributed by atoms with Crippen molar-refractivity contribution < 1.29 is 32.9 Å². The molecule has 1 amide bonds. The molecule has 8 nitrogen and oxygen atoms in total. The molecule has 0 bridgehead atoms. The summed E-state index contributed by atoms with van der Waals surface area (Å²) in [6.07, 6.45) is 57.0. The van der Waals surface area contributed by atoms with Gasteiger partial charge in [-0.2, -0.15) is 0 Å². The van der Waals surface area contributed by atoms with Crippen LogP contribution in [0.4, 0.5) is 0 Å². The Morgan fingerprint density at radius 1 is 0.524 bits per heavy atom. The van der Waals surface area contributed by atoms with E-state index in [1.165, 1.54) is 205 Å². The van der Waals surface area contributed by atoms with E-state index in [4.69, 9.17) is 9.05 Å². The normalized spacial score (nSPS) is 14.2. The number of rotatable bonds is 50. The smallest absolute Gasteiger partial charge is 0.387 e. The van der Waals surface area contributed by atoms with Gasteiger partial charge in [0.15, 0.2) is 0 Å². The maximum atomic E-state index is 12.9. The average Bonchev–Trinajstić information content (AvgIpc) is 3.24. The van der Waals surface area contributed by atoms with Crippen LogP contribution in [0.5, 0.6) is 0 Å². The number of aliphatic hydroxyl groups excluding tert-OH is 1. The Bertz CT molecular complexity index is 1080. The van der Waals surface area contributed by atoms with Gasteiger partial charge in [0.2, 0.25) is 5.91 Å². The highest BCUT2D eigenvalue weighted by molar-refractivity contribution is 7.47. The van der Waals surface area contributed by atoms with E-state index in [1.807, 2.05) is 27.2 Å². The van der Waals surface area contributed by atoms with Gasteiger partial charge in [0, 0.05) is 6.42 Å². The molecule has 0 aromatic rings. The molecule has 0 fully saturated rings. The van der Waals surface area contributed by atoms with Crippen molar-refractivity contribution in [2.75, 3.05) is 40.9 Å². The second-order valence-corrected chi connectivity index (χ2v) is 21.4. The molecular weight excluding hydrogens is 804 g/mol. The Morgan fingerprint density at radius 2 is 0.873 bits per heavy atom. The topological polar surface area (TPSA) is 105 Å². The summed E-state index contributed by atoms with van der Waals surface area (Å²) in [5, 5.41) is 13.9. The van der Waals surface area contributed by atoms with Crippen LogP contribution in [0.15, 0.2) is 24.3 Å². The van der Waals surface area contributed by atoms with Crippen LogP contribution >= 0.6 is 7.82 Å². The van der Waals surface area contributed by atoms with Gasteiger partial charge in [0.05, 0.1) is 39.9 Å². The van der Waals surface area contributed by atoms with E-state index in [1.54, 1.807) is 6.08 Å². The first-order valence-electron chi connectivity index (χ1n) is 27.2. The van der Waals surface area contributed by atoms with Gasteiger partial charge in [0.1, 0.15) is 13.2 Å². The quantitative estimate of drug-likeness (QED) is 0.0243. The van der Waals surface area contributed by atoms with Crippen molar-refractivity contribution >= 4 is 13.7 Å². The summed E-state index contributed by atoms with van der Waals surface area (Å²) in [5.74, 6) is -0.182. The van der Waals surface area contributed by atoms with E-state index >= 15 is 0 Å². The number of quaternary nitrogens is 1. The summed E-state index contributed by atoms with van der Waals surface area (Å²) in [5.41, 5.74) is 0. The summed E-state index contributed by atoms with van der Waals surface area (Å²) >= 11 is 0. The molecule has 0 aromatic heterocycles. The lowest BCUT2D eigenvalue weighted by atomic mass is 10.0. The van der Waals surface area contributed by atoms with Crippen molar-refractivity contribution in [1.29, 1.82) is 0 Å². The van der Waals surface area contributed by atoms with E-state index in [-0.39, 0.29) is 19.1 Å². The lowest BCUT2D eigenvalue weighted by Crippen LogP contribution is -2.45. The number of carbonyl (C=O) groups excluding carboxylic acids is 1. The number of nitrogens with zero attached hydrogens (tertiary/aromatic N) is 1. The Balaban J connectivity index is 4.28. The van der Waals surface area contributed by atoms with Gasteiger partial charge in [-0.1, -0.05) is 250 Å². The van der Waals surface area contributed by atoms with Gasteiger partial charge in [-0.15, -0.1) is 0 Å². The lowest BCUT2D eigenvalue weighted by Gasteiger charge is -2.25. The molecule has 0 aromatic carbocycles. The minimum absolute atomic E-state index is 0.0587. The highest BCUT2D eigenvalue weighted by atomic mass is 31.2. The number of unbranched alkanes of at least 4 members (excludes halogenated alkanes) is 35. The zero-order valence-corrected chi connectivity index (χ0v) is 43.5. The molecule has 9 heteroatoms. The fourth-order valence-electron chi connectivity index (χ4n) is 8.12. The molecule has 0 heterocycles. The molecule has 0 saturated heterocycles. The van der Waals surface area contributed by atoms with E-state index in [0.29, 0.717) is 17.4 Å². The Hall–Kier alpha value is -1.02. The fourth-order valence-corrected chi connectivity index (χ4v) is 8.85. The molecule has 3 unspecified atom stereocenters. The van der Waals surface area contributed by atoms with E-state index in [9.17, 15) is 19.4 Å². The monoisotopic (exact) mass is 912 g/mol. The summed E-state index contributed by atoms with van der Waals surface area (Å²) in [6.45, 7) is 4.83. The van der Waals surface area contributed by atoms with Gasteiger partial charge in [-0.3, -0.25) is 13.8 Å². The summed E-state index contributed by atoms with van der Waals surface area (Å²) < 4.78 is 23.7. The maximum Gasteiger partial charge on any atom is 0.472 e.